The van der Waals surface area contributed by atoms with Crippen LogP contribution in [0.4, 0.5) is 13.2 Å². The number of benzene rings is 2. The molecule has 0 bridgehead atoms. The first kappa shape index (κ1) is 31.6. The summed E-state index contributed by atoms with van der Waals surface area (Å²) in [6.45, 7) is 3.41. The highest BCUT2D eigenvalue weighted by Crippen LogP contribution is 2.33. The molecule has 41 heavy (non-hydrogen) atoms. The van der Waals surface area contributed by atoms with E-state index >= 15 is 0 Å². The van der Waals surface area contributed by atoms with Gasteiger partial charge in [-0.3, -0.25) is 19.2 Å². The van der Waals surface area contributed by atoms with Crippen LogP contribution in [0.15, 0.2) is 54.6 Å². The lowest BCUT2D eigenvalue weighted by molar-refractivity contribution is -0.142. The summed E-state index contributed by atoms with van der Waals surface area (Å²) in [6, 6.07) is 9.96. The first-order valence-corrected chi connectivity index (χ1v) is 13.4. The largest absolute Gasteiger partial charge is 0.416 e. The van der Waals surface area contributed by atoms with Gasteiger partial charge < -0.3 is 26.6 Å². The summed E-state index contributed by atoms with van der Waals surface area (Å²) in [4.78, 5) is 53.6. The molecule has 1 unspecified atom stereocenters. The van der Waals surface area contributed by atoms with E-state index in [4.69, 9.17) is 5.73 Å². The first-order chi connectivity index (χ1) is 19.3. The highest BCUT2D eigenvalue weighted by Gasteiger charge is 2.43. The second kappa shape index (κ2) is 13.6. The summed E-state index contributed by atoms with van der Waals surface area (Å²) in [5, 5.41) is 7.73. The van der Waals surface area contributed by atoms with Gasteiger partial charge in [-0.15, -0.1) is 0 Å². The third kappa shape index (κ3) is 8.06. The summed E-state index contributed by atoms with van der Waals surface area (Å²) >= 11 is 0. The maximum Gasteiger partial charge on any atom is 0.416 e. The zero-order valence-electron chi connectivity index (χ0n) is 23.2. The third-order valence-electron chi connectivity index (χ3n) is 7.17. The number of amides is 4. The van der Waals surface area contributed by atoms with Crippen molar-refractivity contribution in [3.63, 3.8) is 0 Å². The lowest BCUT2D eigenvalue weighted by Gasteiger charge is -2.29. The van der Waals surface area contributed by atoms with E-state index in [0.717, 1.165) is 17.7 Å². The van der Waals surface area contributed by atoms with Gasteiger partial charge in [0.2, 0.25) is 23.6 Å². The minimum absolute atomic E-state index is 0.194. The molecule has 2 aromatic rings. The molecule has 5 atom stereocenters. The lowest BCUT2D eigenvalue weighted by atomic mass is 9.96. The van der Waals surface area contributed by atoms with E-state index in [2.05, 4.69) is 16.0 Å². The minimum atomic E-state index is -4.56. The van der Waals surface area contributed by atoms with Crippen LogP contribution in [0, 0.1) is 0 Å². The van der Waals surface area contributed by atoms with E-state index in [1.54, 1.807) is 6.92 Å². The number of likely N-dealkylation sites (tertiary alicyclic amines) is 1. The molecule has 0 aromatic heterocycles. The summed E-state index contributed by atoms with van der Waals surface area (Å²) < 4.78 is 39.7. The van der Waals surface area contributed by atoms with Crippen LogP contribution in [0.5, 0.6) is 0 Å². The minimum Gasteiger partial charge on any atom is -0.357 e. The fraction of sp³-hybridized carbons (Fsp3) is 0.448. The van der Waals surface area contributed by atoms with E-state index in [9.17, 15) is 32.3 Å². The van der Waals surface area contributed by atoms with Gasteiger partial charge in [-0.1, -0.05) is 55.5 Å². The number of nitrogens with zero attached hydrogens (tertiary/aromatic N) is 1. The van der Waals surface area contributed by atoms with Crippen molar-refractivity contribution in [2.75, 3.05) is 13.6 Å². The molecule has 1 fully saturated rings. The number of halogens is 3. The van der Waals surface area contributed by atoms with Gasteiger partial charge >= 0.3 is 6.18 Å². The Kier molecular flexibility index (Phi) is 10.5. The molecule has 0 radical (unpaired) electrons. The van der Waals surface area contributed by atoms with Crippen LogP contribution < -0.4 is 21.7 Å². The van der Waals surface area contributed by atoms with Gasteiger partial charge in [0.05, 0.1) is 11.6 Å². The Morgan fingerprint density at radius 3 is 2.27 bits per heavy atom. The average molecular weight is 576 g/mol. The number of hydrogen-bond acceptors (Lipinski definition) is 5. The van der Waals surface area contributed by atoms with Gasteiger partial charge in [0.25, 0.3) is 0 Å². The molecule has 1 heterocycles. The van der Waals surface area contributed by atoms with Crippen molar-refractivity contribution in [3.05, 3.63) is 71.3 Å². The molecule has 12 heteroatoms. The number of alkyl halides is 3. The van der Waals surface area contributed by atoms with Crippen LogP contribution in [0.25, 0.3) is 0 Å². The predicted molar refractivity (Wildman–Crippen MR) is 146 cm³/mol. The van der Waals surface area contributed by atoms with Gasteiger partial charge in [0.1, 0.15) is 18.1 Å². The Hall–Kier alpha value is -3.93. The van der Waals surface area contributed by atoms with Crippen molar-refractivity contribution in [2.45, 2.75) is 69.4 Å². The monoisotopic (exact) mass is 575 g/mol. The number of nitrogens with one attached hydrogen (secondary N) is 3. The van der Waals surface area contributed by atoms with E-state index in [1.165, 1.54) is 31.0 Å². The van der Waals surface area contributed by atoms with Gasteiger partial charge in [0.15, 0.2) is 0 Å². The van der Waals surface area contributed by atoms with Crippen LogP contribution >= 0.6 is 0 Å². The van der Waals surface area contributed by atoms with Gasteiger partial charge in [-0.2, -0.15) is 13.2 Å². The summed E-state index contributed by atoms with van der Waals surface area (Å²) in [5.74, 6) is -2.38. The van der Waals surface area contributed by atoms with Gasteiger partial charge in [-0.05, 0) is 37.0 Å². The van der Waals surface area contributed by atoms with Gasteiger partial charge in [-0.25, -0.2) is 0 Å². The summed E-state index contributed by atoms with van der Waals surface area (Å²) in [7, 11) is 1.36. The molecule has 1 aliphatic rings. The van der Waals surface area contributed by atoms with Crippen molar-refractivity contribution in [2.24, 2.45) is 5.73 Å². The maximum absolute atomic E-state index is 13.7. The number of hydrogen-bond donors (Lipinski definition) is 4. The van der Waals surface area contributed by atoms with E-state index < -0.39 is 59.5 Å². The second-order valence-electron chi connectivity index (χ2n) is 10.2. The first-order valence-electron chi connectivity index (χ1n) is 13.4. The Bertz CT molecular complexity index is 1240. The second-order valence-corrected chi connectivity index (χ2v) is 10.2. The summed E-state index contributed by atoms with van der Waals surface area (Å²) in [5.41, 5.74) is 5.92. The van der Waals surface area contributed by atoms with Crippen molar-refractivity contribution >= 4 is 23.6 Å². The molecule has 1 saturated heterocycles. The molecule has 2 aromatic carbocycles. The zero-order valence-corrected chi connectivity index (χ0v) is 23.2. The topological polar surface area (TPSA) is 134 Å². The normalized spacial score (nSPS) is 19.1. The molecule has 0 spiro atoms. The third-order valence-corrected chi connectivity index (χ3v) is 7.17. The quantitative estimate of drug-likeness (QED) is 0.345. The van der Waals surface area contributed by atoms with Crippen LogP contribution in [-0.4, -0.2) is 66.3 Å². The van der Waals surface area contributed by atoms with Gasteiger partial charge in [0, 0.05) is 25.9 Å². The molecular formula is C29H36F3N5O4. The van der Waals surface area contributed by atoms with Crippen LogP contribution in [0.2, 0.25) is 0 Å². The SMILES string of the molecule is CC[C@H](NC(=O)[C@H](C)N)C(=O)N1C[C@@H](c2ccccc2)C[C@H]1C(=O)NC(Cc1cccc(C(F)(F)F)c1)C(=O)NC. The molecule has 0 aliphatic carbocycles. The molecule has 9 nitrogen and oxygen atoms in total. The standard InChI is InChI=1S/C29H36F3N5O4/c1-4-22(35-25(38)17(2)33)28(41)37-16-20(19-10-6-5-7-11-19)15-24(37)27(40)36-23(26(39)34-3)14-18-9-8-12-21(13-18)29(30,31)32/h5-13,17,20,22-24H,4,14-16,33H2,1-3H3,(H,34,39)(H,35,38)(H,36,40)/t17-,20-,22-,23?,24-/m0/s1. The highest BCUT2D eigenvalue weighted by molar-refractivity contribution is 5.95. The fourth-order valence-corrected chi connectivity index (χ4v) is 4.90. The number of carbonyl (C=O) groups is 4. The zero-order chi connectivity index (χ0) is 30.3. The smallest absolute Gasteiger partial charge is 0.357 e. The fourth-order valence-electron chi connectivity index (χ4n) is 4.90. The molecule has 3 rings (SSSR count). The van der Waals surface area contributed by atoms with Crippen molar-refractivity contribution < 1.29 is 32.3 Å². The number of rotatable bonds is 10. The van der Waals surface area contributed by atoms with Crippen molar-refractivity contribution in [1.82, 2.24) is 20.9 Å². The molecule has 222 valence electrons. The molecular weight excluding hydrogens is 539 g/mol. The highest BCUT2D eigenvalue weighted by atomic mass is 19.4. The van der Waals surface area contributed by atoms with E-state index in [1.807, 2.05) is 30.3 Å². The predicted octanol–water partition coefficient (Wildman–Crippen LogP) is 2.11. The number of nitrogens with two attached hydrogens (primary N) is 1. The van der Waals surface area contributed by atoms with Crippen LogP contribution in [0.1, 0.15) is 49.3 Å². The van der Waals surface area contributed by atoms with Crippen LogP contribution in [0.3, 0.4) is 0 Å². The lowest BCUT2D eigenvalue weighted by Crippen LogP contribution is -2.57. The molecule has 0 saturated carbocycles. The Morgan fingerprint density at radius 2 is 1.68 bits per heavy atom. The van der Waals surface area contributed by atoms with Crippen molar-refractivity contribution in [3.8, 4) is 0 Å². The molecule has 1 aliphatic heterocycles. The maximum atomic E-state index is 13.7. The van der Waals surface area contributed by atoms with Crippen molar-refractivity contribution in [1.29, 1.82) is 0 Å². The summed E-state index contributed by atoms with van der Waals surface area (Å²) in [6.07, 6.45) is -4.25. The Morgan fingerprint density at radius 1 is 1.00 bits per heavy atom. The van der Waals surface area contributed by atoms with E-state index in [0.29, 0.717) is 0 Å². The Labute approximate surface area is 237 Å². The van der Waals surface area contributed by atoms with Crippen LogP contribution in [-0.2, 0) is 31.8 Å². The number of carbonyl (C=O) groups excluding carboxylic acids is 4. The number of likely N-dealkylation sites (N-methyl/N-ethyl adjacent to an activating group) is 1. The molecule has 5 N–H and O–H groups in total. The average Bonchev–Trinajstić information content (AvgIpc) is 3.40. The van der Waals surface area contributed by atoms with E-state index in [-0.39, 0.29) is 37.3 Å². The molecule has 4 amide bonds. The Balaban J connectivity index is 1.87.